The molecule has 1 aliphatic heterocycles. The molecule has 180 valence electrons. The minimum absolute atomic E-state index is 0.188. The zero-order valence-electron chi connectivity index (χ0n) is 19.2. The number of carbonyl (C=O) groups excluding carboxylic acids is 2. The van der Waals surface area contributed by atoms with E-state index in [1.54, 1.807) is 6.08 Å². The molecule has 3 aromatic rings. The van der Waals surface area contributed by atoms with Crippen molar-refractivity contribution in [3.63, 3.8) is 0 Å². The van der Waals surface area contributed by atoms with E-state index in [2.05, 4.69) is 15.9 Å². The second kappa shape index (κ2) is 11.3. The van der Waals surface area contributed by atoms with Gasteiger partial charge >= 0.3 is 0 Å². The number of benzene rings is 3. The lowest BCUT2D eigenvalue weighted by Crippen LogP contribution is -2.32. The van der Waals surface area contributed by atoms with Crippen LogP contribution in [-0.4, -0.2) is 29.2 Å². The molecule has 0 atom stereocenters. The monoisotopic (exact) mass is 571 g/mol. The minimum atomic E-state index is -0.320. The summed E-state index contributed by atoms with van der Waals surface area (Å²) in [5.74, 6) is 1.09. The SMILES string of the molecule is Cc1ccc(C)c(OCCN2C(=O)S/C(=C\c3ccc(OCc4ccccc4Cl)c(Br)c3)C2=O)c1. The summed E-state index contributed by atoms with van der Waals surface area (Å²) in [6, 6.07) is 19.0. The maximum absolute atomic E-state index is 12.8. The number of thioether (sulfide) groups is 1. The number of nitrogens with zero attached hydrogens (tertiary/aromatic N) is 1. The Balaban J connectivity index is 1.38. The van der Waals surface area contributed by atoms with E-state index in [-0.39, 0.29) is 24.3 Å². The molecule has 0 aliphatic carbocycles. The highest BCUT2D eigenvalue weighted by Gasteiger charge is 2.34. The average Bonchev–Trinajstić information content (AvgIpc) is 3.09. The van der Waals surface area contributed by atoms with E-state index in [0.29, 0.717) is 22.3 Å². The third-order valence-electron chi connectivity index (χ3n) is 5.38. The van der Waals surface area contributed by atoms with Gasteiger partial charge in [0.15, 0.2) is 0 Å². The summed E-state index contributed by atoms with van der Waals surface area (Å²) in [6.07, 6.45) is 1.71. The Hall–Kier alpha value is -2.74. The number of aryl methyl sites for hydroxylation is 2. The van der Waals surface area contributed by atoms with Crippen molar-refractivity contribution in [2.24, 2.45) is 0 Å². The first-order valence-electron chi connectivity index (χ1n) is 10.9. The Labute approximate surface area is 222 Å². The Morgan fingerprint density at radius 2 is 1.80 bits per heavy atom. The van der Waals surface area contributed by atoms with Crippen molar-refractivity contribution in [1.82, 2.24) is 4.90 Å². The van der Waals surface area contributed by atoms with Crippen LogP contribution in [0, 0.1) is 13.8 Å². The fourth-order valence-electron chi connectivity index (χ4n) is 3.45. The van der Waals surface area contributed by atoms with Crippen LogP contribution in [0.5, 0.6) is 11.5 Å². The third-order valence-corrected chi connectivity index (χ3v) is 7.28. The molecule has 0 N–H and O–H groups in total. The molecule has 0 unspecified atom stereocenters. The Morgan fingerprint density at radius 1 is 1.00 bits per heavy atom. The number of carbonyl (C=O) groups is 2. The van der Waals surface area contributed by atoms with E-state index >= 15 is 0 Å². The molecule has 0 saturated carbocycles. The molecule has 1 saturated heterocycles. The number of hydrogen-bond donors (Lipinski definition) is 0. The molecular formula is C27H23BrClNO4S. The Kier molecular flexibility index (Phi) is 8.21. The number of rotatable bonds is 8. The van der Waals surface area contributed by atoms with E-state index in [1.165, 1.54) is 4.90 Å². The molecule has 3 aromatic carbocycles. The molecule has 35 heavy (non-hydrogen) atoms. The lowest BCUT2D eigenvalue weighted by atomic mass is 10.1. The Morgan fingerprint density at radius 3 is 2.57 bits per heavy atom. The first-order chi connectivity index (χ1) is 16.8. The number of halogens is 2. The van der Waals surface area contributed by atoms with Crippen LogP contribution in [0.3, 0.4) is 0 Å². The van der Waals surface area contributed by atoms with Gasteiger partial charge in [-0.3, -0.25) is 14.5 Å². The topological polar surface area (TPSA) is 55.8 Å². The van der Waals surface area contributed by atoms with Gasteiger partial charge in [0.05, 0.1) is 15.9 Å². The van der Waals surface area contributed by atoms with Gasteiger partial charge in [0.1, 0.15) is 24.7 Å². The molecule has 4 rings (SSSR count). The number of imide groups is 1. The summed E-state index contributed by atoms with van der Waals surface area (Å²) in [6.45, 7) is 4.71. The van der Waals surface area contributed by atoms with Crippen molar-refractivity contribution in [2.75, 3.05) is 13.2 Å². The number of hydrogen-bond acceptors (Lipinski definition) is 5. The largest absolute Gasteiger partial charge is 0.491 e. The highest BCUT2D eigenvalue weighted by atomic mass is 79.9. The first kappa shape index (κ1) is 25.4. The predicted molar refractivity (Wildman–Crippen MR) is 144 cm³/mol. The lowest BCUT2D eigenvalue weighted by Gasteiger charge is -2.14. The van der Waals surface area contributed by atoms with Crippen LogP contribution in [-0.2, 0) is 11.4 Å². The smallest absolute Gasteiger partial charge is 0.293 e. The summed E-state index contributed by atoms with van der Waals surface area (Å²) >= 11 is 10.6. The zero-order valence-corrected chi connectivity index (χ0v) is 22.4. The molecule has 0 aromatic heterocycles. The van der Waals surface area contributed by atoms with E-state index in [4.69, 9.17) is 21.1 Å². The van der Waals surface area contributed by atoms with Crippen LogP contribution < -0.4 is 9.47 Å². The van der Waals surface area contributed by atoms with Gasteiger partial charge in [0, 0.05) is 10.6 Å². The maximum Gasteiger partial charge on any atom is 0.293 e. The normalized spacial score (nSPS) is 14.6. The standard InChI is InChI=1S/C27H23BrClNO4S/c1-17-7-8-18(2)24(13-17)33-12-11-30-26(31)25(35-27(30)32)15-19-9-10-23(21(28)14-19)34-16-20-5-3-4-6-22(20)29/h3-10,13-15H,11-12,16H2,1-2H3/b25-15-. The van der Waals surface area contributed by atoms with Crippen LogP contribution in [0.1, 0.15) is 22.3 Å². The van der Waals surface area contributed by atoms with Crippen LogP contribution in [0.15, 0.2) is 70.0 Å². The fourth-order valence-corrected chi connectivity index (χ4v) is 5.02. The molecule has 0 radical (unpaired) electrons. The molecule has 8 heteroatoms. The van der Waals surface area contributed by atoms with Crippen LogP contribution in [0.2, 0.25) is 5.02 Å². The highest BCUT2D eigenvalue weighted by molar-refractivity contribution is 9.10. The summed E-state index contributed by atoms with van der Waals surface area (Å²) in [7, 11) is 0. The molecule has 1 fully saturated rings. The van der Waals surface area contributed by atoms with E-state index in [9.17, 15) is 9.59 Å². The van der Waals surface area contributed by atoms with Gasteiger partial charge in [-0.15, -0.1) is 0 Å². The van der Waals surface area contributed by atoms with Gasteiger partial charge in [0.2, 0.25) is 0 Å². The quantitative estimate of drug-likeness (QED) is 0.263. The molecular weight excluding hydrogens is 550 g/mol. The van der Waals surface area contributed by atoms with Gasteiger partial charge in [-0.2, -0.15) is 0 Å². The first-order valence-corrected chi connectivity index (χ1v) is 12.9. The van der Waals surface area contributed by atoms with Crippen molar-refractivity contribution in [2.45, 2.75) is 20.5 Å². The molecule has 1 heterocycles. The highest BCUT2D eigenvalue weighted by Crippen LogP contribution is 2.34. The summed E-state index contributed by atoms with van der Waals surface area (Å²) in [5, 5.41) is 0.347. The average molecular weight is 573 g/mol. The van der Waals surface area contributed by atoms with Gasteiger partial charge in [-0.25, -0.2) is 0 Å². The molecule has 2 amide bonds. The van der Waals surface area contributed by atoms with Crippen molar-refractivity contribution in [1.29, 1.82) is 0 Å². The van der Waals surface area contributed by atoms with Gasteiger partial charge in [-0.05, 0) is 88.6 Å². The number of amides is 2. The van der Waals surface area contributed by atoms with E-state index in [0.717, 1.165) is 44.2 Å². The third kappa shape index (κ3) is 6.28. The van der Waals surface area contributed by atoms with Crippen molar-refractivity contribution < 1.29 is 19.1 Å². The van der Waals surface area contributed by atoms with E-state index in [1.807, 2.05) is 74.5 Å². The van der Waals surface area contributed by atoms with Crippen molar-refractivity contribution in [3.05, 3.63) is 97.3 Å². The molecule has 1 aliphatic rings. The maximum atomic E-state index is 12.8. The van der Waals surface area contributed by atoms with Crippen LogP contribution in [0.4, 0.5) is 4.79 Å². The minimum Gasteiger partial charge on any atom is -0.491 e. The second-order valence-corrected chi connectivity index (χ2v) is 10.3. The lowest BCUT2D eigenvalue weighted by molar-refractivity contribution is -0.123. The zero-order chi connectivity index (χ0) is 24.9. The van der Waals surface area contributed by atoms with Crippen molar-refractivity contribution in [3.8, 4) is 11.5 Å². The second-order valence-electron chi connectivity index (χ2n) is 8.02. The van der Waals surface area contributed by atoms with Crippen LogP contribution >= 0.6 is 39.3 Å². The van der Waals surface area contributed by atoms with Crippen molar-refractivity contribution >= 4 is 56.5 Å². The summed E-state index contributed by atoms with van der Waals surface area (Å²) < 4.78 is 12.4. The molecule has 0 bridgehead atoms. The number of ether oxygens (including phenoxy) is 2. The molecule has 0 spiro atoms. The van der Waals surface area contributed by atoms with Gasteiger partial charge in [-0.1, -0.05) is 48.0 Å². The predicted octanol–water partition coefficient (Wildman–Crippen LogP) is 7.41. The fraction of sp³-hybridized carbons (Fsp3) is 0.185. The van der Waals surface area contributed by atoms with Gasteiger partial charge < -0.3 is 9.47 Å². The van der Waals surface area contributed by atoms with Gasteiger partial charge in [0.25, 0.3) is 11.1 Å². The molecule has 5 nitrogen and oxygen atoms in total. The summed E-state index contributed by atoms with van der Waals surface area (Å²) in [4.78, 5) is 26.9. The summed E-state index contributed by atoms with van der Waals surface area (Å²) in [5.41, 5.74) is 3.76. The van der Waals surface area contributed by atoms with Crippen LogP contribution in [0.25, 0.3) is 6.08 Å². The van der Waals surface area contributed by atoms with E-state index < -0.39 is 0 Å². The Bertz CT molecular complexity index is 1310.